The number of anilines is 2. The Balaban J connectivity index is 2.19. The quantitative estimate of drug-likeness (QED) is 0.711. The molecule has 0 radical (unpaired) electrons. The fraction of sp³-hybridized carbons (Fsp3) is 0.118. The third-order valence-electron chi connectivity index (χ3n) is 3.38. The van der Waals surface area contributed by atoms with Crippen LogP contribution in [0.3, 0.4) is 0 Å². The number of hydrogen-bond acceptors (Lipinski definition) is 2. The van der Waals surface area contributed by atoms with Gasteiger partial charge >= 0.3 is 0 Å². The fourth-order valence-corrected chi connectivity index (χ4v) is 2.61. The molecule has 0 aromatic heterocycles. The molecule has 0 N–H and O–H groups in total. The van der Waals surface area contributed by atoms with Gasteiger partial charge in [0.25, 0.3) is 0 Å². The molecule has 0 saturated heterocycles. The molecule has 0 fully saturated rings. The number of aliphatic imine (C=N–C) groups is 1. The summed E-state index contributed by atoms with van der Waals surface area (Å²) in [5, 5.41) is 0.716. The lowest BCUT2D eigenvalue weighted by molar-refractivity contribution is 1.15. The summed E-state index contributed by atoms with van der Waals surface area (Å²) < 4.78 is 0. The van der Waals surface area contributed by atoms with Crippen molar-refractivity contribution >= 4 is 34.4 Å². The summed E-state index contributed by atoms with van der Waals surface area (Å²) in [6, 6.07) is 15.9. The molecule has 100 valence electrons. The van der Waals surface area contributed by atoms with E-state index in [1.807, 2.05) is 42.5 Å². The molecule has 0 spiro atoms. The largest absolute Gasteiger partial charge is 0.307 e. The fourth-order valence-electron chi connectivity index (χ4n) is 2.43. The van der Waals surface area contributed by atoms with E-state index in [4.69, 9.17) is 11.6 Å². The van der Waals surface area contributed by atoms with Crippen molar-refractivity contribution < 1.29 is 0 Å². The molecule has 1 aliphatic heterocycles. The van der Waals surface area contributed by atoms with Crippen molar-refractivity contribution in [2.45, 2.75) is 13.3 Å². The Hall–Kier alpha value is -2.06. The predicted octanol–water partition coefficient (Wildman–Crippen LogP) is 5.49. The average molecular weight is 283 g/mol. The Morgan fingerprint density at radius 2 is 1.95 bits per heavy atom. The second-order valence-electron chi connectivity index (χ2n) is 4.66. The van der Waals surface area contributed by atoms with Gasteiger partial charge in [-0.3, -0.25) is 0 Å². The SMILES string of the molecule is C=C1C(CC)=Nc2ccccc2N1c1cccc(Cl)c1. The molecule has 0 amide bonds. The van der Waals surface area contributed by atoms with Gasteiger partial charge < -0.3 is 4.90 Å². The molecule has 3 rings (SSSR count). The summed E-state index contributed by atoms with van der Waals surface area (Å²) in [7, 11) is 0. The highest BCUT2D eigenvalue weighted by Crippen LogP contribution is 2.41. The number of para-hydroxylation sites is 2. The lowest BCUT2D eigenvalue weighted by Gasteiger charge is -2.32. The Kier molecular flexibility index (Phi) is 3.33. The molecular formula is C17H15ClN2. The minimum absolute atomic E-state index is 0.716. The lowest BCUT2D eigenvalue weighted by atomic mass is 10.1. The molecule has 0 saturated carbocycles. The Labute approximate surface area is 124 Å². The normalized spacial score (nSPS) is 14.0. The van der Waals surface area contributed by atoms with Crippen LogP contribution in [0.4, 0.5) is 17.1 Å². The van der Waals surface area contributed by atoms with Gasteiger partial charge in [-0.15, -0.1) is 0 Å². The summed E-state index contributed by atoms with van der Waals surface area (Å²) >= 11 is 6.12. The van der Waals surface area contributed by atoms with Crippen LogP contribution in [0.1, 0.15) is 13.3 Å². The third-order valence-corrected chi connectivity index (χ3v) is 3.62. The highest BCUT2D eigenvalue weighted by Gasteiger charge is 2.23. The molecule has 3 heteroatoms. The monoisotopic (exact) mass is 282 g/mol. The third kappa shape index (κ3) is 2.12. The van der Waals surface area contributed by atoms with E-state index in [-0.39, 0.29) is 0 Å². The smallest absolute Gasteiger partial charge is 0.0874 e. The van der Waals surface area contributed by atoms with Crippen LogP contribution in [0, 0.1) is 0 Å². The van der Waals surface area contributed by atoms with E-state index in [1.54, 1.807) is 0 Å². The predicted molar refractivity (Wildman–Crippen MR) is 86.6 cm³/mol. The summed E-state index contributed by atoms with van der Waals surface area (Å²) in [5.41, 5.74) is 4.93. The standard InChI is InChI=1S/C17H15ClN2/c1-3-15-12(2)20(14-8-6-7-13(18)11-14)17-10-5-4-9-16(17)19-15/h4-11H,2-3H2,1H3. The highest BCUT2D eigenvalue weighted by atomic mass is 35.5. The molecule has 2 nitrogen and oxygen atoms in total. The second kappa shape index (κ2) is 5.14. The van der Waals surface area contributed by atoms with Gasteiger partial charge in [-0.25, -0.2) is 4.99 Å². The number of hydrogen-bond donors (Lipinski definition) is 0. The maximum atomic E-state index is 6.12. The zero-order valence-corrected chi connectivity index (χ0v) is 12.1. The summed E-state index contributed by atoms with van der Waals surface area (Å²) in [6.07, 6.45) is 0.851. The van der Waals surface area contributed by atoms with Gasteiger partial charge in [-0.05, 0) is 36.8 Å². The number of halogens is 1. The van der Waals surface area contributed by atoms with Crippen LogP contribution in [-0.4, -0.2) is 5.71 Å². The van der Waals surface area contributed by atoms with E-state index in [0.717, 1.165) is 34.9 Å². The van der Waals surface area contributed by atoms with Gasteiger partial charge in [0, 0.05) is 10.7 Å². The number of nitrogens with zero attached hydrogens (tertiary/aromatic N) is 2. The highest BCUT2D eigenvalue weighted by molar-refractivity contribution is 6.31. The minimum Gasteiger partial charge on any atom is -0.307 e. The van der Waals surface area contributed by atoms with Gasteiger partial charge in [0.1, 0.15) is 0 Å². The van der Waals surface area contributed by atoms with E-state index < -0.39 is 0 Å². The first-order chi connectivity index (χ1) is 9.70. The molecule has 1 heterocycles. The molecule has 1 aliphatic rings. The number of allylic oxidation sites excluding steroid dienone is 1. The molecule has 0 aliphatic carbocycles. The Bertz CT molecular complexity index is 704. The maximum Gasteiger partial charge on any atom is 0.0874 e. The van der Waals surface area contributed by atoms with Crippen molar-refractivity contribution in [2.24, 2.45) is 4.99 Å². The van der Waals surface area contributed by atoms with E-state index >= 15 is 0 Å². The van der Waals surface area contributed by atoms with Crippen molar-refractivity contribution in [3.8, 4) is 0 Å². The Morgan fingerprint density at radius 3 is 2.70 bits per heavy atom. The number of rotatable bonds is 2. The summed E-state index contributed by atoms with van der Waals surface area (Å²) in [4.78, 5) is 6.80. The van der Waals surface area contributed by atoms with Crippen molar-refractivity contribution in [1.82, 2.24) is 0 Å². The van der Waals surface area contributed by atoms with E-state index in [2.05, 4.69) is 29.5 Å². The Morgan fingerprint density at radius 1 is 1.15 bits per heavy atom. The molecule has 0 unspecified atom stereocenters. The van der Waals surface area contributed by atoms with Crippen LogP contribution < -0.4 is 4.90 Å². The first-order valence-corrected chi connectivity index (χ1v) is 7.00. The zero-order valence-electron chi connectivity index (χ0n) is 11.3. The van der Waals surface area contributed by atoms with Crippen molar-refractivity contribution in [2.75, 3.05) is 4.90 Å². The minimum atomic E-state index is 0.716. The molecule has 2 aromatic carbocycles. The van der Waals surface area contributed by atoms with Crippen molar-refractivity contribution in [1.29, 1.82) is 0 Å². The molecule has 0 bridgehead atoms. The number of fused-ring (bicyclic) bond motifs is 1. The zero-order chi connectivity index (χ0) is 14.1. The van der Waals surface area contributed by atoms with Crippen LogP contribution >= 0.6 is 11.6 Å². The van der Waals surface area contributed by atoms with Crippen LogP contribution in [0.25, 0.3) is 0 Å². The summed E-state index contributed by atoms with van der Waals surface area (Å²) in [6.45, 7) is 6.30. The summed E-state index contributed by atoms with van der Waals surface area (Å²) in [5.74, 6) is 0. The molecular weight excluding hydrogens is 268 g/mol. The van der Waals surface area contributed by atoms with Crippen LogP contribution in [0.2, 0.25) is 5.02 Å². The first kappa shape index (κ1) is 12.9. The lowest BCUT2D eigenvalue weighted by Crippen LogP contribution is -2.24. The van der Waals surface area contributed by atoms with Gasteiger partial charge in [0.15, 0.2) is 0 Å². The van der Waals surface area contributed by atoms with Crippen molar-refractivity contribution in [3.63, 3.8) is 0 Å². The topological polar surface area (TPSA) is 15.6 Å². The first-order valence-electron chi connectivity index (χ1n) is 6.62. The van der Waals surface area contributed by atoms with Gasteiger partial charge in [0.2, 0.25) is 0 Å². The average Bonchev–Trinajstić information content (AvgIpc) is 2.46. The van der Waals surface area contributed by atoms with Gasteiger partial charge in [-0.2, -0.15) is 0 Å². The van der Waals surface area contributed by atoms with E-state index in [0.29, 0.717) is 5.02 Å². The van der Waals surface area contributed by atoms with Crippen LogP contribution in [0.15, 0.2) is 65.8 Å². The van der Waals surface area contributed by atoms with Crippen LogP contribution in [-0.2, 0) is 0 Å². The van der Waals surface area contributed by atoms with E-state index in [9.17, 15) is 0 Å². The van der Waals surface area contributed by atoms with Crippen molar-refractivity contribution in [3.05, 3.63) is 65.8 Å². The molecule has 0 atom stereocenters. The van der Waals surface area contributed by atoms with E-state index in [1.165, 1.54) is 0 Å². The van der Waals surface area contributed by atoms with Crippen LogP contribution in [0.5, 0.6) is 0 Å². The van der Waals surface area contributed by atoms with Gasteiger partial charge in [0.05, 0.1) is 22.8 Å². The molecule has 2 aromatic rings. The maximum absolute atomic E-state index is 6.12. The van der Waals surface area contributed by atoms with Gasteiger partial charge in [-0.1, -0.05) is 43.3 Å². The number of benzene rings is 2. The molecule has 20 heavy (non-hydrogen) atoms. The second-order valence-corrected chi connectivity index (χ2v) is 5.10.